The Morgan fingerprint density at radius 2 is 2.19 bits per heavy atom. The second-order valence-corrected chi connectivity index (χ2v) is 6.35. The summed E-state index contributed by atoms with van der Waals surface area (Å²) in [5, 5.41) is 0. The van der Waals surface area contributed by atoms with Crippen LogP contribution in [0.2, 0.25) is 0 Å². The van der Waals surface area contributed by atoms with Gasteiger partial charge in [-0.3, -0.25) is 0 Å². The minimum absolute atomic E-state index is 0.0256. The molecule has 2 aliphatic rings. The molecule has 1 aromatic carbocycles. The molecular formula is C14H19NS. The molecule has 86 valence electrons. The molecule has 2 N–H and O–H groups in total. The Balaban J connectivity index is 1.84. The van der Waals surface area contributed by atoms with E-state index in [9.17, 15) is 0 Å². The quantitative estimate of drug-likeness (QED) is 0.848. The first-order chi connectivity index (χ1) is 7.78. The number of nitrogens with two attached hydrogens (primary N) is 1. The standard InChI is InChI=1S/C14H19NS/c15-14(6-7-14)13-5-1-3-11(9-13)12-4-2-8-16-10-12/h1,3,5,9,12H,2,4,6-8,10,15H2. The normalized spacial score (nSPS) is 27.7. The van der Waals surface area contributed by atoms with Crippen LogP contribution >= 0.6 is 11.8 Å². The van der Waals surface area contributed by atoms with Gasteiger partial charge in [-0.05, 0) is 48.5 Å². The van der Waals surface area contributed by atoms with E-state index in [1.54, 1.807) is 0 Å². The van der Waals surface area contributed by atoms with E-state index in [4.69, 9.17) is 5.73 Å². The fourth-order valence-corrected chi connectivity index (χ4v) is 3.71. The Kier molecular flexibility index (Phi) is 2.72. The van der Waals surface area contributed by atoms with Gasteiger partial charge in [0.05, 0.1) is 0 Å². The van der Waals surface area contributed by atoms with Crippen LogP contribution in [-0.4, -0.2) is 11.5 Å². The van der Waals surface area contributed by atoms with E-state index in [2.05, 4.69) is 36.0 Å². The van der Waals surface area contributed by atoms with Crippen molar-refractivity contribution >= 4 is 11.8 Å². The molecule has 3 rings (SSSR count). The van der Waals surface area contributed by atoms with Crippen molar-refractivity contribution in [2.45, 2.75) is 37.1 Å². The Bertz CT molecular complexity index is 378. The van der Waals surface area contributed by atoms with Crippen LogP contribution in [0.4, 0.5) is 0 Å². The first-order valence-corrected chi connectivity index (χ1v) is 7.40. The summed E-state index contributed by atoms with van der Waals surface area (Å²) in [5.41, 5.74) is 9.16. The van der Waals surface area contributed by atoms with Gasteiger partial charge in [0.2, 0.25) is 0 Å². The zero-order valence-corrected chi connectivity index (χ0v) is 10.4. The van der Waals surface area contributed by atoms with Gasteiger partial charge in [0.1, 0.15) is 0 Å². The van der Waals surface area contributed by atoms with Crippen LogP contribution < -0.4 is 5.73 Å². The molecule has 1 unspecified atom stereocenters. The highest BCUT2D eigenvalue weighted by Crippen LogP contribution is 2.43. The SMILES string of the molecule is NC1(c2cccc(C3CCCSC3)c2)CC1. The topological polar surface area (TPSA) is 26.0 Å². The van der Waals surface area contributed by atoms with Gasteiger partial charge in [-0.15, -0.1) is 0 Å². The predicted octanol–water partition coefficient (Wildman–Crippen LogP) is 3.25. The Hall–Kier alpha value is -0.470. The molecule has 16 heavy (non-hydrogen) atoms. The number of benzene rings is 1. The third-order valence-corrected chi connectivity index (χ3v) is 5.10. The van der Waals surface area contributed by atoms with Crippen LogP contribution in [0.1, 0.15) is 42.7 Å². The van der Waals surface area contributed by atoms with Gasteiger partial charge < -0.3 is 5.73 Å². The first-order valence-electron chi connectivity index (χ1n) is 6.25. The van der Waals surface area contributed by atoms with Crippen molar-refractivity contribution in [3.05, 3.63) is 35.4 Å². The molecule has 1 saturated carbocycles. The molecule has 1 nitrogen and oxygen atoms in total. The van der Waals surface area contributed by atoms with E-state index in [0.717, 1.165) is 18.8 Å². The lowest BCUT2D eigenvalue weighted by Crippen LogP contribution is -2.19. The summed E-state index contributed by atoms with van der Waals surface area (Å²) in [4.78, 5) is 0. The smallest absolute Gasteiger partial charge is 0.0411 e. The van der Waals surface area contributed by atoms with Crippen molar-refractivity contribution in [2.75, 3.05) is 11.5 Å². The fourth-order valence-electron chi connectivity index (χ4n) is 2.53. The zero-order valence-electron chi connectivity index (χ0n) is 9.61. The minimum Gasteiger partial charge on any atom is -0.321 e. The Morgan fingerprint density at radius 3 is 2.88 bits per heavy atom. The highest BCUT2D eigenvalue weighted by Gasteiger charge is 2.40. The minimum atomic E-state index is 0.0256. The van der Waals surface area contributed by atoms with Gasteiger partial charge in [-0.1, -0.05) is 24.3 Å². The molecule has 0 spiro atoms. The molecular weight excluding hydrogens is 214 g/mol. The molecule has 1 aromatic rings. The molecule has 1 saturated heterocycles. The van der Waals surface area contributed by atoms with Crippen LogP contribution in [0, 0.1) is 0 Å². The fraction of sp³-hybridized carbons (Fsp3) is 0.571. The summed E-state index contributed by atoms with van der Waals surface area (Å²) in [6.07, 6.45) is 5.05. The van der Waals surface area contributed by atoms with Gasteiger partial charge in [0.25, 0.3) is 0 Å². The predicted molar refractivity (Wildman–Crippen MR) is 70.8 cm³/mol. The summed E-state index contributed by atoms with van der Waals surface area (Å²) in [6, 6.07) is 9.04. The van der Waals surface area contributed by atoms with Crippen LogP contribution in [0.3, 0.4) is 0 Å². The molecule has 1 aliphatic heterocycles. The van der Waals surface area contributed by atoms with Crippen LogP contribution in [-0.2, 0) is 5.54 Å². The molecule has 1 aliphatic carbocycles. The highest BCUT2D eigenvalue weighted by molar-refractivity contribution is 7.99. The summed E-state index contributed by atoms with van der Waals surface area (Å²) >= 11 is 2.10. The number of rotatable bonds is 2. The van der Waals surface area contributed by atoms with E-state index in [1.165, 1.54) is 35.5 Å². The molecule has 1 heterocycles. The maximum Gasteiger partial charge on any atom is 0.0411 e. The molecule has 2 heteroatoms. The lowest BCUT2D eigenvalue weighted by atomic mass is 9.92. The van der Waals surface area contributed by atoms with E-state index < -0.39 is 0 Å². The second kappa shape index (κ2) is 4.08. The summed E-state index contributed by atoms with van der Waals surface area (Å²) in [6.45, 7) is 0. The van der Waals surface area contributed by atoms with Gasteiger partial charge in [0.15, 0.2) is 0 Å². The Morgan fingerprint density at radius 1 is 1.31 bits per heavy atom. The van der Waals surface area contributed by atoms with E-state index in [-0.39, 0.29) is 5.54 Å². The largest absolute Gasteiger partial charge is 0.321 e. The lowest BCUT2D eigenvalue weighted by Gasteiger charge is -2.22. The monoisotopic (exact) mass is 233 g/mol. The lowest BCUT2D eigenvalue weighted by molar-refractivity contribution is 0.655. The molecule has 0 aromatic heterocycles. The second-order valence-electron chi connectivity index (χ2n) is 5.20. The molecule has 1 atom stereocenters. The van der Waals surface area contributed by atoms with Crippen molar-refractivity contribution in [1.82, 2.24) is 0 Å². The van der Waals surface area contributed by atoms with Crippen molar-refractivity contribution in [1.29, 1.82) is 0 Å². The summed E-state index contributed by atoms with van der Waals surface area (Å²) in [7, 11) is 0. The van der Waals surface area contributed by atoms with Crippen molar-refractivity contribution in [3.63, 3.8) is 0 Å². The van der Waals surface area contributed by atoms with Crippen molar-refractivity contribution < 1.29 is 0 Å². The maximum absolute atomic E-state index is 6.26. The molecule has 0 bridgehead atoms. The number of thioether (sulfide) groups is 1. The van der Waals surface area contributed by atoms with E-state index >= 15 is 0 Å². The highest BCUT2D eigenvalue weighted by atomic mass is 32.2. The van der Waals surface area contributed by atoms with Gasteiger partial charge in [0, 0.05) is 11.3 Å². The summed E-state index contributed by atoms with van der Waals surface area (Å²) in [5.74, 6) is 3.40. The van der Waals surface area contributed by atoms with Gasteiger partial charge in [-0.25, -0.2) is 0 Å². The van der Waals surface area contributed by atoms with E-state index in [0.29, 0.717) is 0 Å². The average Bonchev–Trinajstić information content (AvgIpc) is 3.10. The maximum atomic E-state index is 6.26. The Labute approximate surface area is 102 Å². The average molecular weight is 233 g/mol. The van der Waals surface area contributed by atoms with Gasteiger partial charge in [-0.2, -0.15) is 11.8 Å². The third-order valence-electron chi connectivity index (χ3n) is 3.88. The number of hydrogen-bond donors (Lipinski definition) is 1. The zero-order chi connectivity index (χ0) is 11.0. The molecule has 0 radical (unpaired) electrons. The van der Waals surface area contributed by atoms with Gasteiger partial charge >= 0.3 is 0 Å². The summed E-state index contributed by atoms with van der Waals surface area (Å²) < 4.78 is 0. The third kappa shape index (κ3) is 2.01. The van der Waals surface area contributed by atoms with E-state index in [1.807, 2.05) is 0 Å². The first kappa shape index (κ1) is 10.7. The van der Waals surface area contributed by atoms with Crippen LogP contribution in [0.15, 0.2) is 24.3 Å². The van der Waals surface area contributed by atoms with Crippen molar-refractivity contribution in [3.8, 4) is 0 Å². The van der Waals surface area contributed by atoms with Crippen LogP contribution in [0.25, 0.3) is 0 Å². The number of hydrogen-bond acceptors (Lipinski definition) is 2. The van der Waals surface area contributed by atoms with Crippen LogP contribution in [0.5, 0.6) is 0 Å². The molecule has 2 fully saturated rings. The molecule has 0 amide bonds. The van der Waals surface area contributed by atoms with Crippen molar-refractivity contribution in [2.24, 2.45) is 5.73 Å².